The first-order valence-corrected chi connectivity index (χ1v) is 13.7. The summed E-state index contributed by atoms with van der Waals surface area (Å²) in [5.74, 6) is 1.58. The van der Waals surface area contributed by atoms with E-state index in [1.54, 1.807) is 23.6 Å². The molecule has 6 rings (SSSR count). The van der Waals surface area contributed by atoms with Gasteiger partial charge in [0.2, 0.25) is 10.3 Å². The summed E-state index contributed by atoms with van der Waals surface area (Å²) >= 11 is 2.68. The molecule has 0 aliphatic rings. The van der Waals surface area contributed by atoms with E-state index in [9.17, 15) is 0 Å². The van der Waals surface area contributed by atoms with Crippen molar-refractivity contribution in [3.63, 3.8) is 0 Å². The summed E-state index contributed by atoms with van der Waals surface area (Å²) in [7, 11) is 3.28. The van der Waals surface area contributed by atoms with Gasteiger partial charge >= 0.3 is 0 Å². The zero-order valence-corrected chi connectivity index (χ0v) is 23.1. The molecule has 0 aliphatic heterocycles. The van der Waals surface area contributed by atoms with Crippen LogP contribution in [0.15, 0.2) is 93.2 Å². The Labute approximate surface area is 237 Å². The SMILES string of the molecule is COc1ccc(Cn2nnnc2Sc2nc3ccccc3nc2Sc2nnnn2Cc2ccc(OC)cc2)cc1. The van der Waals surface area contributed by atoms with Gasteiger partial charge in [0.15, 0.2) is 0 Å². The van der Waals surface area contributed by atoms with Gasteiger partial charge in [-0.15, -0.1) is 10.2 Å². The van der Waals surface area contributed by atoms with Crippen molar-refractivity contribution < 1.29 is 9.47 Å². The van der Waals surface area contributed by atoms with Crippen molar-refractivity contribution in [2.45, 2.75) is 33.5 Å². The van der Waals surface area contributed by atoms with Crippen LogP contribution in [-0.4, -0.2) is 64.6 Å². The Balaban J connectivity index is 1.29. The number of para-hydroxylation sites is 2. The van der Waals surface area contributed by atoms with Gasteiger partial charge in [0.1, 0.15) is 21.6 Å². The number of fused-ring (bicyclic) bond motifs is 1. The van der Waals surface area contributed by atoms with Crippen LogP contribution in [0.25, 0.3) is 11.0 Å². The maximum atomic E-state index is 5.26. The standard InChI is InChI=1S/C26H22N10O2S2/c1-37-19-11-7-17(8-12-19)15-35-25(29-31-33-35)39-23-24(28-22-6-4-3-5-21(22)27-23)40-26-30-32-34-36(26)16-18-9-13-20(38-2)14-10-18/h3-14H,15-16H2,1-2H3. The zero-order valence-electron chi connectivity index (χ0n) is 21.4. The molecule has 0 atom stereocenters. The highest BCUT2D eigenvalue weighted by molar-refractivity contribution is 8.02. The molecule has 0 fully saturated rings. The molecule has 200 valence electrons. The van der Waals surface area contributed by atoms with Crippen molar-refractivity contribution in [2.24, 2.45) is 0 Å². The first kappa shape index (κ1) is 25.7. The number of nitrogens with zero attached hydrogens (tertiary/aromatic N) is 10. The normalized spacial score (nSPS) is 11.2. The van der Waals surface area contributed by atoms with Gasteiger partial charge in [0.25, 0.3) is 0 Å². The molecule has 0 radical (unpaired) electrons. The molecule has 0 N–H and O–H groups in total. The number of tetrazole rings is 2. The number of aromatic nitrogens is 10. The number of rotatable bonds is 10. The third-order valence-electron chi connectivity index (χ3n) is 5.87. The van der Waals surface area contributed by atoms with Gasteiger partial charge in [-0.2, -0.15) is 0 Å². The molecule has 0 unspecified atom stereocenters. The monoisotopic (exact) mass is 570 g/mol. The van der Waals surface area contributed by atoms with Crippen LogP contribution < -0.4 is 9.47 Å². The van der Waals surface area contributed by atoms with E-state index < -0.39 is 0 Å². The van der Waals surface area contributed by atoms with E-state index in [0.717, 1.165) is 33.7 Å². The van der Waals surface area contributed by atoms with Gasteiger partial charge in [0.05, 0.1) is 38.3 Å². The third-order valence-corrected chi connectivity index (χ3v) is 7.90. The van der Waals surface area contributed by atoms with Gasteiger partial charge in [-0.3, -0.25) is 0 Å². The summed E-state index contributed by atoms with van der Waals surface area (Å²) in [6, 6.07) is 23.3. The van der Waals surface area contributed by atoms with Crippen LogP contribution in [0.4, 0.5) is 0 Å². The lowest BCUT2D eigenvalue weighted by Gasteiger charge is -2.10. The predicted molar refractivity (Wildman–Crippen MR) is 148 cm³/mol. The van der Waals surface area contributed by atoms with Crippen LogP contribution in [0.2, 0.25) is 0 Å². The number of hydrogen-bond acceptors (Lipinski definition) is 12. The highest BCUT2D eigenvalue weighted by Crippen LogP contribution is 2.36. The van der Waals surface area contributed by atoms with Crippen LogP contribution in [0.1, 0.15) is 11.1 Å². The summed E-state index contributed by atoms with van der Waals surface area (Å²) < 4.78 is 14.0. The Morgan fingerprint density at radius 1 is 0.600 bits per heavy atom. The fraction of sp³-hybridized carbons (Fsp3) is 0.154. The summed E-state index contributed by atoms with van der Waals surface area (Å²) in [6.07, 6.45) is 0. The predicted octanol–water partition coefficient (Wildman–Crippen LogP) is 4.02. The minimum Gasteiger partial charge on any atom is -0.497 e. The second-order valence-corrected chi connectivity index (χ2v) is 10.4. The molecule has 40 heavy (non-hydrogen) atoms. The maximum absolute atomic E-state index is 5.26. The Hall–Kier alpha value is -4.56. The molecule has 0 bridgehead atoms. The van der Waals surface area contributed by atoms with Crippen molar-refractivity contribution in [1.82, 2.24) is 50.4 Å². The Morgan fingerprint density at radius 2 is 1.02 bits per heavy atom. The molecule has 0 saturated carbocycles. The molecule has 14 heteroatoms. The van der Waals surface area contributed by atoms with Crippen LogP contribution in [0.5, 0.6) is 11.5 Å². The van der Waals surface area contributed by atoms with E-state index in [-0.39, 0.29) is 0 Å². The first-order chi connectivity index (χ1) is 19.7. The minimum atomic E-state index is 0.489. The van der Waals surface area contributed by atoms with Gasteiger partial charge < -0.3 is 9.47 Å². The fourth-order valence-electron chi connectivity index (χ4n) is 3.82. The minimum absolute atomic E-state index is 0.489. The fourth-order valence-corrected chi connectivity index (χ4v) is 5.54. The van der Waals surface area contributed by atoms with Crippen LogP contribution in [-0.2, 0) is 13.1 Å². The average Bonchev–Trinajstić information content (AvgIpc) is 3.63. The number of benzene rings is 3. The molecule has 3 heterocycles. The van der Waals surface area contributed by atoms with Gasteiger partial charge in [-0.25, -0.2) is 19.3 Å². The zero-order chi connectivity index (χ0) is 27.3. The van der Waals surface area contributed by atoms with Gasteiger partial charge in [0, 0.05) is 0 Å². The van der Waals surface area contributed by atoms with Crippen molar-refractivity contribution in [1.29, 1.82) is 0 Å². The van der Waals surface area contributed by atoms with Gasteiger partial charge in [-0.1, -0.05) is 36.4 Å². The molecular weight excluding hydrogens is 548 g/mol. The van der Waals surface area contributed by atoms with Crippen molar-refractivity contribution in [3.05, 3.63) is 83.9 Å². The topological polar surface area (TPSA) is 131 Å². The lowest BCUT2D eigenvalue weighted by atomic mass is 10.2. The molecule has 12 nitrogen and oxygen atoms in total. The summed E-state index contributed by atoms with van der Waals surface area (Å²) in [5.41, 5.74) is 3.60. The van der Waals surface area contributed by atoms with Crippen LogP contribution >= 0.6 is 23.5 Å². The van der Waals surface area contributed by atoms with Crippen molar-refractivity contribution >= 4 is 34.6 Å². The van der Waals surface area contributed by atoms with Crippen LogP contribution in [0, 0.1) is 0 Å². The quantitative estimate of drug-likeness (QED) is 0.236. The number of hydrogen-bond donors (Lipinski definition) is 0. The summed E-state index contributed by atoms with van der Waals surface area (Å²) in [5, 5.41) is 27.2. The molecule has 3 aromatic carbocycles. The van der Waals surface area contributed by atoms with E-state index in [1.165, 1.54) is 23.5 Å². The highest BCUT2D eigenvalue weighted by Gasteiger charge is 2.19. The number of methoxy groups -OCH3 is 2. The van der Waals surface area contributed by atoms with E-state index in [2.05, 4.69) is 31.1 Å². The second-order valence-electron chi connectivity index (χ2n) is 8.46. The van der Waals surface area contributed by atoms with Crippen molar-refractivity contribution in [2.75, 3.05) is 14.2 Å². The second kappa shape index (κ2) is 11.7. The van der Waals surface area contributed by atoms with Crippen molar-refractivity contribution in [3.8, 4) is 11.5 Å². The van der Waals surface area contributed by atoms with E-state index in [4.69, 9.17) is 19.4 Å². The third kappa shape index (κ3) is 5.72. The maximum Gasteiger partial charge on any atom is 0.216 e. The Kier molecular flexibility index (Phi) is 7.50. The Bertz CT molecular complexity index is 1610. The first-order valence-electron chi connectivity index (χ1n) is 12.1. The molecule has 0 amide bonds. The van der Waals surface area contributed by atoms with Crippen LogP contribution in [0.3, 0.4) is 0 Å². The molecule has 0 saturated heterocycles. The van der Waals surface area contributed by atoms with E-state index in [0.29, 0.717) is 33.5 Å². The lowest BCUT2D eigenvalue weighted by molar-refractivity contribution is 0.414. The smallest absolute Gasteiger partial charge is 0.216 e. The molecule has 0 aliphatic carbocycles. The molecule has 0 spiro atoms. The molecule has 3 aromatic heterocycles. The molecule has 6 aromatic rings. The Morgan fingerprint density at radius 3 is 1.43 bits per heavy atom. The van der Waals surface area contributed by atoms with E-state index in [1.807, 2.05) is 72.8 Å². The summed E-state index contributed by atoms with van der Waals surface area (Å²) in [4.78, 5) is 9.79. The lowest BCUT2D eigenvalue weighted by Crippen LogP contribution is -2.05. The number of ether oxygens (including phenoxy) is 2. The van der Waals surface area contributed by atoms with E-state index >= 15 is 0 Å². The highest BCUT2D eigenvalue weighted by atomic mass is 32.2. The molecular formula is C26H22N10O2S2. The van der Waals surface area contributed by atoms with Gasteiger partial charge in [-0.05, 0) is 91.9 Å². The summed E-state index contributed by atoms with van der Waals surface area (Å²) in [6.45, 7) is 0.978. The average molecular weight is 571 g/mol. The largest absolute Gasteiger partial charge is 0.497 e.